The summed E-state index contributed by atoms with van der Waals surface area (Å²) >= 11 is 0. The number of nitrogens with one attached hydrogen (secondary N) is 1. The van der Waals surface area contributed by atoms with E-state index in [1.807, 2.05) is 13.8 Å². The summed E-state index contributed by atoms with van der Waals surface area (Å²) in [5.74, 6) is -0.0227. The van der Waals surface area contributed by atoms with Crippen molar-refractivity contribution >= 4 is 5.91 Å². The van der Waals surface area contributed by atoms with Crippen molar-refractivity contribution in [1.29, 1.82) is 0 Å². The monoisotopic (exact) mass is 190 g/mol. The van der Waals surface area contributed by atoms with E-state index >= 15 is 0 Å². The summed E-state index contributed by atoms with van der Waals surface area (Å²) in [5, 5.41) is 2.53. The van der Waals surface area contributed by atoms with Crippen LogP contribution in [0.25, 0.3) is 0 Å². The highest BCUT2D eigenvalue weighted by atomic mass is 16.1. The van der Waals surface area contributed by atoms with Crippen molar-refractivity contribution in [3.05, 3.63) is 0 Å². The molecule has 0 rings (SSSR count). The Hall–Kier alpha value is -0.650. The highest BCUT2D eigenvalue weighted by molar-refractivity contribution is 5.72. The number of hydrogen-bond acceptors (Lipinski definition) is 4. The summed E-state index contributed by atoms with van der Waals surface area (Å²) in [5.41, 5.74) is 15.5. The zero-order valence-electron chi connectivity index (χ0n) is 8.76. The second kappa shape index (κ2) is 7.97. The van der Waals surface area contributed by atoms with Crippen LogP contribution in [0.4, 0.5) is 0 Å². The molecule has 0 bridgehead atoms. The molecule has 0 aliphatic rings. The maximum absolute atomic E-state index is 10.0. The molecule has 0 unspecified atom stereocenters. The summed E-state index contributed by atoms with van der Waals surface area (Å²) in [4.78, 5) is 10.0. The number of carbonyl (C=O) groups excluding carboxylic acids is 1. The average Bonchev–Trinajstić information content (AvgIpc) is 2.01. The molecule has 80 valence electrons. The van der Waals surface area contributed by atoms with Crippen LogP contribution in [-0.2, 0) is 4.79 Å². The molecule has 0 atom stereocenters. The summed E-state index contributed by atoms with van der Waals surface area (Å²) < 4.78 is 0. The van der Waals surface area contributed by atoms with Crippen molar-refractivity contribution in [3.63, 3.8) is 0 Å². The Labute approximate surface area is 80.0 Å². The Bertz CT molecular complexity index is 131. The molecule has 5 heteroatoms. The van der Waals surface area contributed by atoms with Gasteiger partial charge in [-0.15, -0.1) is 0 Å². The highest BCUT2D eigenvalue weighted by Crippen LogP contribution is 1.88. The van der Waals surface area contributed by atoms with Crippen LogP contribution in [0.15, 0.2) is 0 Å². The number of rotatable bonds is 3. The van der Waals surface area contributed by atoms with Crippen molar-refractivity contribution in [3.8, 4) is 0 Å². The standard InChI is InChI=1S/C4H10N2O.C4H12N2/c1-4(7)6-3-2-5;1-4(2,6)3-5/h2-3,5H2,1H3,(H,6,7);3,5-6H2,1-2H3. The molecule has 0 aliphatic heterocycles. The third-order valence-corrected chi connectivity index (χ3v) is 1.04. The minimum atomic E-state index is -0.181. The molecule has 1 amide bonds. The van der Waals surface area contributed by atoms with Crippen LogP contribution in [-0.4, -0.2) is 31.1 Å². The third kappa shape index (κ3) is 24.6. The largest absolute Gasteiger partial charge is 0.355 e. The van der Waals surface area contributed by atoms with E-state index in [-0.39, 0.29) is 11.4 Å². The maximum Gasteiger partial charge on any atom is 0.216 e. The lowest BCUT2D eigenvalue weighted by molar-refractivity contribution is -0.118. The van der Waals surface area contributed by atoms with E-state index in [0.717, 1.165) is 0 Å². The minimum absolute atomic E-state index is 0.0227. The van der Waals surface area contributed by atoms with Crippen molar-refractivity contribution in [2.75, 3.05) is 19.6 Å². The van der Waals surface area contributed by atoms with Crippen LogP contribution in [0.3, 0.4) is 0 Å². The molecule has 0 saturated carbocycles. The molecular weight excluding hydrogens is 168 g/mol. The van der Waals surface area contributed by atoms with Crippen molar-refractivity contribution in [1.82, 2.24) is 5.32 Å². The molecule has 5 nitrogen and oxygen atoms in total. The van der Waals surface area contributed by atoms with Gasteiger partial charge in [-0.25, -0.2) is 0 Å². The number of hydrogen-bond donors (Lipinski definition) is 4. The van der Waals surface area contributed by atoms with E-state index in [2.05, 4.69) is 5.32 Å². The van der Waals surface area contributed by atoms with Crippen molar-refractivity contribution < 1.29 is 4.79 Å². The van der Waals surface area contributed by atoms with E-state index in [4.69, 9.17) is 17.2 Å². The van der Waals surface area contributed by atoms with Crippen molar-refractivity contribution in [2.45, 2.75) is 26.3 Å². The first-order valence-corrected chi connectivity index (χ1v) is 4.27. The van der Waals surface area contributed by atoms with E-state index in [1.165, 1.54) is 6.92 Å². The summed E-state index contributed by atoms with van der Waals surface area (Å²) in [6.45, 7) is 6.90. The van der Waals surface area contributed by atoms with Gasteiger partial charge in [0.2, 0.25) is 5.91 Å². The van der Waals surface area contributed by atoms with E-state index in [1.54, 1.807) is 0 Å². The number of carbonyl (C=O) groups is 1. The molecule has 0 saturated heterocycles. The van der Waals surface area contributed by atoms with Crippen LogP contribution in [0, 0.1) is 0 Å². The van der Waals surface area contributed by atoms with E-state index in [0.29, 0.717) is 19.6 Å². The first kappa shape index (κ1) is 14.9. The van der Waals surface area contributed by atoms with Gasteiger partial charge in [0.05, 0.1) is 0 Å². The van der Waals surface area contributed by atoms with Crippen LogP contribution in [0.1, 0.15) is 20.8 Å². The predicted molar refractivity (Wildman–Crippen MR) is 55.1 cm³/mol. The average molecular weight is 190 g/mol. The Kier molecular flexibility index (Phi) is 9.11. The second-order valence-electron chi connectivity index (χ2n) is 3.46. The molecule has 0 aliphatic carbocycles. The lowest BCUT2D eigenvalue weighted by Crippen LogP contribution is -2.40. The van der Waals surface area contributed by atoms with Gasteiger partial charge < -0.3 is 22.5 Å². The topological polar surface area (TPSA) is 107 Å². The number of nitrogens with two attached hydrogens (primary N) is 3. The fourth-order valence-corrected chi connectivity index (χ4v) is 0.248. The zero-order chi connectivity index (χ0) is 10.9. The Morgan fingerprint density at radius 3 is 1.85 bits per heavy atom. The van der Waals surface area contributed by atoms with Gasteiger partial charge in [0.1, 0.15) is 0 Å². The molecule has 0 aromatic rings. The summed E-state index contributed by atoms with van der Waals surface area (Å²) in [6, 6.07) is 0. The first-order chi connectivity index (χ1) is 5.83. The smallest absolute Gasteiger partial charge is 0.216 e. The SMILES string of the molecule is CC(=O)NCCN.CC(C)(N)CN. The van der Waals surface area contributed by atoms with Gasteiger partial charge in [-0.3, -0.25) is 4.79 Å². The highest BCUT2D eigenvalue weighted by Gasteiger charge is 2.04. The quantitative estimate of drug-likeness (QED) is 0.446. The van der Waals surface area contributed by atoms with Gasteiger partial charge in [-0.05, 0) is 13.8 Å². The van der Waals surface area contributed by atoms with Crippen LogP contribution in [0.2, 0.25) is 0 Å². The molecule has 7 N–H and O–H groups in total. The lowest BCUT2D eigenvalue weighted by atomic mass is 10.1. The van der Waals surface area contributed by atoms with Gasteiger partial charge in [0.15, 0.2) is 0 Å². The predicted octanol–water partition coefficient (Wildman–Crippen LogP) is -1.24. The van der Waals surface area contributed by atoms with E-state index < -0.39 is 0 Å². The van der Waals surface area contributed by atoms with Gasteiger partial charge in [0.25, 0.3) is 0 Å². The normalized spacial score (nSPS) is 10.0. The molecule has 0 aromatic carbocycles. The lowest BCUT2D eigenvalue weighted by Gasteiger charge is -2.13. The number of amides is 1. The fourth-order valence-electron chi connectivity index (χ4n) is 0.248. The first-order valence-electron chi connectivity index (χ1n) is 4.27. The Morgan fingerprint density at radius 2 is 1.77 bits per heavy atom. The van der Waals surface area contributed by atoms with Gasteiger partial charge in [-0.1, -0.05) is 0 Å². The molecular formula is C8H22N4O. The zero-order valence-corrected chi connectivity index (χ0v) is 8.76. The maximum atomic E-state index is 10.0. The molecule has 0 radical (unpaired) electrons. The van der Waals surface area contributed by atoms with Crippen molar-refractivity contribution in [2.24, 2.45) is 17.2 Å². The molecule has 13 heavy (non-hydrogen) atoms. The fraction of sp³-hybridized carbons (Fsp3) is 0.875. The molecule has 0 fully saturated rings. The van der Waals surface area contributed by atoms with Crippen LogP contribution < -0.4 is 22.5 Å². The van der Waals surface area contributed by atoms with Crippen LogP contribution >= 0.6 is 0 Å². The Balaban J connectivity index is 0. The minimum Gasteiger partial charge on any atom is -0.355 e. The third-order valence-electron chi connectivity index (χ3n) is 1.04. The van der Waals surface area contributed by atoms with Crippen LogP contribution in [0.5, 0.6) is 0 Å². The van der Waals surface area contributed by atoms with Gasteiger partial charge in [-0.2, -0.15) is 0 Å². The summed E-state index contributed by atoms with van der Waals surface area (Å²) in [7, 11) is 0. The molecule has 0 spiro atoms. The van der Waals surface area contributed by atoms with Gasteiger partial charge in [0, 0.05) is 32.1 Å². The van der Waals surface area contributed by atoms with Gasteiger partial charge >= 0.3 is 0 Å². The summed E-state index contributed by atoms with van der Waals surface area (Å²) in [6.07, 6.45) is 0. The molecule has 0 aromatic heterocycles. The Morgan fingerprint density at radius 1 is 1.38 bits per heavy atom. The molecule has 0 heterocycles. The van der Waals surface area contributed by atoms with E-state index in [9.17, 15) is 4.79 Å². The second-order valence-corrected chi connectivity index (χ2v) is 3.46.